The van der Waals surface area contributed by atoms with Gasteiger partial charge in [0, 0.05) is 23.3 Å². The van der Waals surface area contributed by atoms with Crippen LogP contribution in [-0.4, -0.2) is 128 Å². The van der Waals surface area contributed by atoms with Gasteiger partial charge in [-0.05, 0) is 48.2 Å². The highest BCUT2D eigenvalue weighted by molar-refractivity contribution is 8.00. The third-order valence-electron chi connectivity index (χ3n) is 13.4. The van der Waals surface area contributed by atoms with E-state index >= 15 is 0 Å². The fourth-order valence-corrected chi connectivity index (χ4v) is 10.4. The summed E-state index contributed by atoms with van der Waals surface area (Å²) in [6, 6.07) is 25.8. The van der Waals surface area contributed by atoms with E-state index in [1.165, 1.54) is 63.5 Å². The molecule has 0 aliphatic carbocycles. The topological polar surface area (TPSA) is 235 Å². The number of aliphatic hydroxyl groups is 6. The molecule has 2 amide bonds. The Morgan fingerprint density at radius 2 is 0.827 bits per heavy atom. The second kappa shape index (κ2) is 31.9. The number of aliphatic hydroxyl groups excluding tert-OH is 6. The quantitative estimate of drug-likeness (QED) is 0.0220. The van der Waals surface area contributed by atoms with E-state index in [1.54, 1.807) is 24.3 Å². The Morgan fingerprint density at radius 1 is 0.480 bits per heavy atom. The van der Waals surface area contributed by atoms with Crippen LogP contribution in [0, 0.1) is 0 Å². The molecule has 4 aromatic carbocycles. The van der Waals surface area contributed by atoms with Gasteiger partial charge in [0.05, 0.1) is 38.5 Å². The van der Waals surface area contributed by atoms with Crippen LogP contribution in [0.2, 0.25) is 0 Å². The van der Waals surface area contributed by atoms with Crippen molar-refractivity contribution in [3.8, 4) is 23.0 Å². The van der Waals surface area contributed by atoms with E-state index < -0.39 is 84.6 Å². The molecule has 6 rings (SSSR count). The number of carbonyl (C=O) groups excluding carboxylic acids is 2. The SMILES string of the molecule is CCCCCCCCCOc1cc(OCc2ccccc2)cc(C(=O)N[C@@H]2[C@@H](O)[C@@H](CO)O[C@@H](S[C@@H]3O[C@H](CO)[C@H](O)[C@@H](NC(=O)c4cc(OCCCCCCCCC)cc(OCc5ccccc5)c4)[C@H]3O)[C@@H]2O)c1. The van der Waals surface area contributed by atoms with Gasteiger partial charge < -0.3 is 69.7 Å². The van der Waals surface area contributed by atoms with Crippen LogP contribution in [0.4, 0.5) is 0 Å². The van der Waals surface area contributed by atoms with Gasteiger partial charge in [0.2, 0.25) is 0 Å². The van der Waals surface area contributed by atoms with Crippen molar-refractivity contribution >= 4 is 23.6 Å². The molecule has 4 aromatic rings. The van der Waals surface area contributed by atoms with Gasteiger partial charge in [-0.3, -0.25) is 9.59 Å². The minimum Gasteiger partial charge on any atom is -0.493 e. The lowest BCUT2D eigenvalue weighted by Gasteiger charge is -2.46. The van der Waals surface area contributed by atoms with Crippen molar-refractivity contribution in [2.24, 2.45) is 0 Å². The van der Waals surface area contributed by atoms with Crippen LogP contribution in [0.1, 0.15) is 136 Å². The summed E-state index contributed by atoms with van der Waals surface area (Å²) in [7, 11) is 0. The highest BCUT2D eigenvalue weighted by Gasteiger charge is 2.51. The largest absolute Gasteiger partial charge is 0.493 e. The lowest BCUT2D eigenvalue weighted by atomic mass is 9.96. The van der Waals surface area contributed by atoms with Crippen LogP contribution in [0.25, 0.3) is 0 Å². The molecule has 2 aliphatic rings. The highest BCUT2D eigenvalue weighted by atomic mass is 32.2. The van der Waals surface area contributed by atoms with Gasteiger partial charge in [-0.15, -0.1) is 0 Å². The van der Waals surface area contributed by atoms with E-state index in [2.05, 4.69) is 24.5 Å². The molecule has 2 heterocycles. The van der Waals surface area contributed by atoms with Gasteiger partial charge in [-0.1, -0.05) is 163 Å². The third-order valence-corrected chi connectivity index (χ3v) is 14.8. The molecule has 0 unspecified atom stereocenters. The first-order valence-corrected chi connectivity index (χ1v) is 27.9. The van der Waals surface area contributed by atoms with Crippen LogP contribution in [-0.2, 0) is 22.7 Å². The number of thioether (sulfide) groups is 1. The van der Waals surface area contributed by atoms with E-state index in [4.69, 9.17) is 28.4 Å². The highest BCUT2D eigenvalue weighted by Crippen LogP contribution is 2.37. The zero-order chi connectivity index (χ0) is 53.4. The van der Waals surface area contributed by atoms with Crippen molar-refractivity contribution in [1.29, 1.82) is 0 Å². The Hall–Kier alpha value is -4.95. The van der Waals surface area contributed by atoms with Gasteiger partial charge in [0.1, 0.15) is 83.7 Å². The maximum absolute atomic E-state index is 14.1. The summed E-state index contributed by atoms with van der Waals surface area (Å²) >= 11 is 0.737. The summed E-state index contributed by atoms with van der Waals surface area (Å²) in [6.07, 6.45) is 6.25. The Morgan fingerprint density at radius 3 is 1.19 bits per heavy atom. The number of rotatable bonds is 32. The molecule has 0 radical (unpaired) electrons. The average Bonchev–Trinajstić information content (AvgIpc) is 3.43. The Bertz CT molecular complexity index is 2120. The van der Waals surface area contributed by atoms with Crippen LogP contribution < -0.4 is 29.6 Å². The van der Waals surface area contributed by atoms with E-state index in [0.29, 0.717) is 36.2 Å². The molecule has 0 aromatic heterocycles. The lowest BCUT2D eigenvalue weighted by Crippen LogP contribution is -2.66. The minimum atomic E-state index is -1.66. The predicted molar refractivity (Wildman–Crippen MR) is 287 cm³/mol. The smallest absolute Gasteiger partial charge is 0.251 e. The first-order valence-electron chi connectivity index (χ1n) is 26.9. The van der Waals surface area contributed by atoms with Crippen molar-refractivity contribution in [2.75, 3.05) is 26.4 Å². The molecule has 2 saturated heterocycles. The first kappa shape index (κ1) is 59.3. The zero-order valence-corrected chi connectivity index (χ0v) is 44.3. The fraction of sp³-hybridized carbons (Fsp3) is 0.552. The number of ether oxygens (including phenoxy) is 6. The average molecular weight is 1060 g/mol. The van der Waals surface area contributed by atoms with Crippen LogP contribution in [0.15, 0.2) is 97.1 Å². The van der Waals surface area contributed by atoms with E-state index in [0.717, 1.165) is 61.4 Å². The maximum Gasteiger partial charge on any atom is 0.251 e. The normalized spacial score (nSPS) is 23.5. The summed E-state index contributed by atoms with van der Waals surface area (Å²) in [5.41, 5.74) is -0.664. The summed E-state index contributed by atoms with van der Waals surface area (Å²) < 4.78 is 36.4. The fourth-order valence-electron chi connectivity index (χ4n) is 9.06. The molecule has 0 spiro atoms. The van der Waals surface area contributed by atoms with E-state index in [9.17, 15) is 40.2 Å². The number of hydrogen-bond acceptors (Lipinski definition) is 15. The van der Waals surface area contributed by atoms with Gasteiger partial charge in [-0.25, -0.2) is 0 Å². The molecular weight excluding hydrogens is 981 g/mol. The van der Waals surface area contributed by atoms with Crippen molar-refractivity contribution in [1.82, 2.24) is 10.6 Å². The van der Waals surface area contributed by atoms with E-state index in [-0.39, 0.29) is 24.3 Å². The standard InChI is InChI=1S/C58H80N2O14S/c1-3-5-7-9-11-13-21-27-69-43-29-41(31-45(33-43)71-37-39-23-17-15-18-24-39)55(67)59-49-51(63)47(35-61)73-57(53(49)65)75-58-54(66)50(52(64)48(36-62)74-58)60-56(68)42-30-44(70-28-22-14-12-10-8-6-4-2)34-46(32-42)72-38-40-25-19-16-20-26-40/h15-20,23-26,29-34,47-54,57-58,61-66H,3-14,21-22,27-28,35-38H2,1-2H3,(H,59,67)(H,60,68)/t47-,48-,49-,50-,51+,52+,53-,54-,57+,58+/m1/s1. The maximum atomic E-state index is 14.1. The minimum absolute atomic E-state index is 0.121. The van der Waals surface area contributed by atoms with Gasteiger partial charge in [0.25, 0.3) is 11.8 Å². The second-order valence-corrected chi connectivity index (χ2v) is 20.6. The summed E-state index contributed by atoms with van der Waals surface area (Å²) in [4.78, 5) is 28.3. The number of benzene rings is 4. The molecule has 75 heavy (non-hydrogen) atoms. The Labute approximate surface area is 446 Å². The Kier molecular flexibility index (Phi) is 25.3. The molecule has 16 nitrogen and oxygen atoms in total. The molecule has 2 fully saturated rings. The lowest BCUT2D eigenvalue weighted by molar-refractivity contribution is -0.175. The summed E-state index contributed by atoms with van der Waals surface area (Å²) in [5.74, 6) is 0.138. The molecular formula is C58H80N2O14S. The number of unbranched alkanes of at least 4 members (excludes halogenated alkanes) is 12. The van der Waals surface area contributed by atoms with Gasteiger partial charge >= 0.3 is 0 Å². The molecule has 0 saturated carbocycles. The van der Waals surface area contributed by atoms with Crippen molar-refractivity contribution in [3.05, 3.63) is 119 Å². The Balaban J connectivity index is 1.14. The number of carbonyl (C=O) groups is 2. The van der Waals surface area contributed by atoms with Crippen LogP contribution in [0.3, 0.4) is 0 Å². The summed E-state index contributed by atoms with van der Waals surface area (Å²) in [6.45, 7) is 4.24. The van der Waals surface area contributed by atoms with Crippen molar-refractivity contribution in [2.45, 2.75) is 177 Å². The third kappa shape index (κ3) is 18.6. The molecule has 0 bridgehead atoms. The van der Waals surface area contributed by atoms with Crippen molar-refractivity contribution in [3.63, 3.8) is 0 Å². The van der Waals surface area contributed by atoms with Crippen LogP contribution in [0.5, 0.6) is 23.0 Å². The first-order chi connectivity index (χ1) is 36.5. The van der Waals surface area contributed by atoms with Crippen LogP contribution >= 0.6 is 11.8 Å². The number of hydrogen-bond donors (Lipinski definition) is 8. The number of amides is 2. The second-order valence-electron chi connectivity index (χ2n) is 19.4. The zero-order valence-electron chi connectivity index (χ0n) is 43.5. The van der Waals surface area contributed by atoms with E-state index in [1.807, 2.05) is 60.7 Å². The molecule has 17 heteroatoms. The molecule has 10 atom stereocenters. The van der Waals surface area contributed by atoms with Gasteiger partial charge in [-0.2, -0.15) is 0 Å². The predicted octanol–water partition coefficient (Wildman–Crippen LogP) is 7.61. The summed E-state index contributed by atoms with van der Waals surface area (Å²) in [5, 5.41) is 72.6. The molecule has 412 valence electrons. The molecule has 2 aliphatic heterocycles. The molecule has 8 N–H and O–H groups in total. The monoisotopic (exact) mass is 1060 g/mol. The number of nitrogens with one attached hydrogen (secondary N) is 2. The van der Waals surface area contributed by atoms with Gasteiger partial charge in [0.15, 0.2) is 0 Å². The van der Waals surface area contributed by atoms with Crippen molar-refractivity contribution < 1.29 is 68.6 Å².